The topological polar surface area (TPSA) is 0 Å². The summed E-state index contributed by atoms with van der Waals surface area (Å²) in [5, 5.41) is 0. The summed E-state index contributed by atoms with van der Waals surface area (Å²) in [6.07, 6.45) is 42.0. The molecule has 0 atom stereocenters. The van der Waals surface area contributed by atoms with E-state index < -0.39 is 31.7 Å². The van der Waals surface area contributed by atoms with Crippen molar-refractivity contribution >= 4 is 69.6 Å². The van der Waals surface area contributed by atoms with Crippen LogP contribution in [0.25, 0.3) is 0 Å². The van der Waals surface area contributed by atoms with Crippen molar-refractivity contribution in [3.8, 4) is 0 Å². The van der Waals surface area contributed by atoms with Crippen LogP contribution in [-0.4, -0.2) is 23.1 Å². The SMILES string of the molecule is C1=CC=CCC=C1.C1=CCCCCC1.C1CCCC1.C1CCCC1.C[CH-]C.[Br-].[CH3-].[CH3-].[CH3-].[Cl][Ti+]([Cl])[Cl].[Cl][Ti][Cl].[Mg+2]. The first-order valence-electron chi connectivity index (χ1n) is 12.7. The molecule has 2 fully saturated rings. The van der Waals surface area contributed by atoms with Crippen LogP contribution in [0.3, 0.4) is 0 Å². The molecule has 4 aliphatic rings. The molecule has 0 N–H and O–H groups in total. The van der Waals surface area contributed by atoms with E-state index in [2.05, 4.69) is 36.5 Å². The van der Waals surface area contributed by atoms with E-state index in [4.69, 9.17) is 46.5 Å². The molecule has 0 bridgehead atoms. The van der Waals surface area contributed by atoms with Gasteiger partial charge in [0.25, 0.3) is 0 Å². The van der Waals surface area contributed by atoms with E-state index in [1.807, 2.05) is 32.4 Å². The molecule has 4 rings (SSSR count). The van der Waals surface area contributed by atoms with E-state index in [0.717, 1.165) is 6.42 Å². The van der Waals surface area contributed by atoms with Gasteiger partial charge in [-0.1, -0.05) is 119 Å². The molecule has 0 nitrogen and oxygen atoms in total. The zero-order valence-corrected chi connectivity index (χ0v) is 35.4. The molecule has 4 aliphatic carbocycles. The fraction of sp³-hybridized carbons (Fsp3) is 0.600. The summed E-state index contributed by atoms with van der Waals surface area (Å²) in [7, 11) is 24.7. The molecular formula is C30H56BrCl5MgTi2-2. The molecular weight excluding hydrogens is 738 g/mol. The van der Waals surface area contributed by atoms with Crippen molar-refractivity contribution in [3.63, 3.8) is 0 Å². The summed E-state index contributed by atoms with van der Waals surface area (Å²) < 4.78 is 0. The van der Waals surface area contributed by atoms with Gasteiger partial charge in [0.05, 0.1) is 0 Å². The van der Waals surface area contributed by atoms with Gasteiger partial charge in [-0.2, -0.15) is 13.8 Å². The zero-order chi connectivity index (χ0) is 26.0. The quantitative estimate of drug-likeness (QED) is 0.130. The molecule has 0 amide bonds. The molecule has 9 heteroatoms. The first-order chi connectivity index (χ1) is 16.6. The Morgan fingerprint density at radius 1 is 0.538 bits per heavy atom. The van der Waals surface area contributed by atoms with Crippen LogP contribution in [0.4, 0.5) is 0 Å². The van der Waals surface area contributed by atoms with E-state index in [-0.39, 0.29) is 62.3 Å². The summed E-state index contributed by atoms with van der Waals surface area (Å²) in [5.41, 5.74) is 0. The molecule has 0 spiro atoms. The first-order valence-corrected chi connectivity index (χ1v) is 23.5. The van der Waals surface area contributed by atoms with E-state index >= 15 is 0 Å². The Hall–Kier alpha value is 3.08. The number of rotatable bonds is 0. The van der Waals surface area contributed by atoms with E-state index in [1.54, 1.807) is 0 Å². The molecule has 0 aliphatic heterocycles. The van der Waals surface area contributed by atoms with Gasteiger partial charge in [0, 0.05) is 0 Å². The maximum absolute atomic E-state index is 4.97. The van der Waals surface area contributed by atoms with Crippen LogP contribution in [0.15, 0.2) is 48.6 Å². The second-order valence-electron chi connectivity index (χ2n) is 7.98. The zero-order valence-electron chi connectivity index (χ0n) is 25.5. The number of allylic oxidation sites excluding steroid dienone is 8. The standard InChI is InChI=1S/C7H12.C7H8.2C5H10.C3H7.3CH3.BrH.5ClH.Mg.2Ti/c2*1-2-4-6-7-5-3-1;2*1-2-4-5-3-1;1-3-2;;;;;;;;;;;;/h1-2H,3-7H2;1-6H,7H2;2*1-5H2;3H,1-2H3;3*1H3;6*1H;;;/q;;;;4*-1;;;;;;;2*+2;+4/p-6. The van der Waals surface area contributed by atoms with Gasteiger partial charge in [0.2, 0.25) is 0 Å². The van der Waals surface area contributed by atoms with E-state index in [9.17, 15) is 0 Å². The van der Waals surface area contributed by atoms with Crippen LogP contribution >= 0.6 is 46.5 Å². The molecule has 2 saturated carbocycles. The molecule has 39 heavy (non-hydrogen) atoms. The third-order valence-electron chi connectivity index (χ3n) is 4.79. The van der Waals surface area contributed by atoms with Crippen molar-refractivity contribution in [3.05, 3.63) is 77.3 Å². The van der Waals surface area contributed by atoms with Crippen LogP contribution in [0.5, 0.6) is 0 Å². The fourth-order valence-corrected chi connectivity index (χ4v) is 3.23. The van der Waals surface area contributed by atoms with Gasteiger partial charge in [0.1, 0.15) is 0 Å². The van der Waals surface area contributed by atoms with Crippen molar-refractivity contribution in [2.75, 3.05) is 0 Å². The van der Waals surface area contributed by atoms with Crippen molar-refractivity contribution < 1.29 is 48.7 Å². The van der Waals surface area contributed by atoms with Crippen molar-refractivity contribution in [2.24, 2.45) is 0 Å². The summed E-state index contributed by atoms with van der Waals surface area (Å²) in [5.74, 6) is 0. The Balaban J connectivity index is -0.0000000480. The average molecular weight is 794 g/mol. The molecule has 0 aromatic heterocycles. The van der Waals surface area contributed by atoms with Crippen LogP contribution in [-0.2, 0) is 31.7 Å². The van der Waals surface area contributed by atoms with Gasteiger partial charge in [-0.3, -0.25) is 0 Å². The molecule has 0 radical (unpaired) electrons. The van der Waals surface area contributed by atoms with Crippen LogP contribution in [0.2, 0.25) is 0 Å². The molecule has 0 aromatic carbocycles. The average Bonchev–Trinajstić information content (AvgIpc) is 3.46. The largest absolute Gasteiger partial charge is 2.00 e. The summed E-state index contributed by atoms with van der Waals surface area (Å²) in [6.45, 7) is 4.00. The van der Waals surface area contributed by atoms with Crippen LogP contribution in [0.1, 0.15) is 117 Å². The van der Waals surface area contributed by atoms with Gasteiger partial charge in [-0.25, -0.2) is 0 Å². The minimum atomic E-state index is -1.92. The predicted octanol–water partition coefficient (Wildman–Crippen LogP) is 11.1. The van der Waals surface area contributed by atoms with E-state index in [1.165, 1.54) is 96.3 Å². The molecule has 0 heterocycles. The summed E-state index contributed by atoms with van der Waals surface area (Å²) in [4.78, 5) is 0. The second-order valence-corrected chi connectivity index (χ2v) is 18.3. The third kappa shape index (κ3) is 85.6. The number of halogens is 6. The Bertz CT molecular complexity index is 407. The number of hydrogen-bond donors (Lipinski definition) is 0. The number of hydrogen-bond acceptors (Lipinski definition) is 0. The van der Waals surface area contributed by atoms with Gasteiger partial charge in [0.15, 0.2) is 0 Å². The first kappa shape index (κ1) is 61.1. The maximum Gasteiger partial charge on any atom is 2.00 e. The smallest absolute Gasteiger partial charge is 2.00 e. The molecule has 0 aromatic rings. The van der Waals surface area contributed by atoms with Crippen molar-refractivity contribution in [2.45, 2.75) is 117 Å². The molecule has 0 unspecified atom stereocenters. The second kappa shape index (κ2) is 64.1. The third-order valence-corrected chi connectivity index (χ3v) is 4.79. The summed E-state index contributed by atoms with van der Waals surface area (Å²) >= 11 is -2.47. The van der Waals surface area contributed by atoms with Crippen LogP contribution < -0.4 is 17.0 Å². The van der Waals surface area contributed by atoms with Crippen LogP contribution in [0, 0.1) is 28.7 Å². The Morgan fingerprint density at radius 3 is 0.974 bits per heavy atom. The Kier molecular flexibility index (Phi) is 101. The van der Waals surface area contributed by atoms with Gasteiger partial charge in [-0.15, -0.1) is 0 Å². The van der Waals surface area contributed by atoms with Gasteiger partial charge in [-0.05, 0) is 32.1 Å². The van der Waals surface area contributed by atoms with Crippen molar-refractivity contribution in [1.29, 1.82) is 0 Å². The monoisotopic (exact) mass is 790 g/mol. The molecule has 0 saturated heterocycles. The Labute approximate surface area is 308 Å². The van der Waals surface area contributed by atoms with Gasteiger partial charge >= 0.3 is 101 Å². The molecule has 230 valence electrons. The fourth-order valence-electron chi connectivity index (χ4n) is 3.23. The van der Waals surface area contributed by atoms with E-state index in [0.29, 0.717) is 0 Å². The minimum absolute atomic E-state index is 0. The van der Waals surface area contributed by atoms with Gasteiger partial charge < -0.3 is 45.7 Å². The Morgan fingerprint density at radius 2 is 0.744 bits per heavy atom. The van der Waals surface area contributed by atoms with Crippen molar-refractivity contribution in [1.82, 2.24) is 0 Å². The normalized spacial score (nSPS) is 14.6. The predicted molar refractivity (Wildman–Crippen MR) is 180 cm³/mol. The minimum Gasteiger partial charge on any atom is 2.00 e. The maximum atomic E-state index is 4.97. The summed E-state index contributed by atoms with van der Waals surface area (Å²) in [6, 6.07) is 0.